The number of hydrogen-bond acceptors (Lipinski definition) is 5. The van der Waals surface area contributed by atoms with Crippen molar-refractivity contribution in [3.8, 4) is 0 Å². The third-order valence-electron chi connectivity index (χ3n) is 1.96. The van der Waals surface area contributed by atoms with E-state index in [0.29, 0.717) is 0 Å². The number of nitrogens with one attached hydrogen (secondary N) is 1. The van der Waals surface area contributed by atoms with Crippen LogP contribution in [0.15, 0.2) is 17.0 Å². The first-order chi connectivity index (χ1) is 8.27. The minimum absolute atomic E-state index is 0.0349. The number of ether oxygens (including phenoxy) is 1. The summed E-state index contributed by atoms with van der Waals surface area (Å²) in [7, 11) is -3.14. The van der Waals surface area contributed by atoms with E-state index in [2.05, 4.69) is 4.74 Å². The number of nitrogen functional groups attached to an aromatic ring is 1. The Bertz CT molecular complexity index is 576. The topological polar surface area (TPSA) is 98.5 Å². The zero-order chi connectivity index (χ0) is 13.9. The van der Waals surface area contributed by atoms with Crippen molar-refractivity contribution < 1.29 is 22.3 Å². The van der Waals surface area contributed by atoms with Crippen molar-refractivity contribution in [2.24, 2.45) is 0 Å². The lowest BCUT2D eigenvalue weighted by Crippen LogP contribution is -2.31. The predicted molar refractivity (Wildman–Crippen MR) is 63.0 cm³/mol. The highest BCUT2D eigenvalue weighted by Gasteiger charge is 2.22. The van der Waals surface area contributed by atoms with Crippen LogP contribution in [0, 0.1) is 5.82 Å². The van der Waals surface area contributed by atoms with Crippen LogP contribution in [-0.4, -0.2) is 28.0 Å². The van der Waals surface area contributed by atoms with Crippen LogP contribution in [0.1, 0.15) is 0 Å². The maximum absolute atomic E-state index is 13.6. The third-order valence-corrected chi connectivity index (χ3v) is 3.57. The third kappa shape index (κ3) is 3.31. The molecule has 0 fully saturated rings. The van der Waals surface area contributed by atoms with Crippen LogP contribution in [0.4, 0.5) is 10.1 Å². The SMILES string of the molecule is COC(=O)CNS(=O)(=O)c1cc(Cl)cc(N)c1F. The summed E-state index contributed by atoms with van der Waals surface area (Å²) in [6.07, 6.45) is 0. The van der Waals surface area contributed by atoms with Gasteiger partial charge in [0, 0.05) is 5.02 Å². The predicted octanol–water partition coefficient (Wildman–Crippen LogP) is 0.513. The lowest BCUT2D eigenvalue weighted by Gasteiger charge is -2.08. The smallest absolute Gasteiger partial charge is 0.320 e. The summed E-state index contributed by atoms with van der Waals surface area (Å²) in [5.74, 6) is -1.94. The van der Waals surface area contributed by atoms with Gasteiger partial charge in [0.05, 0.1) is 12.8 Å². The average molecular weight is 297 g/mol. The molecule has 0 unspecified atom stereocenters. The highest BCUT2D eigenvalue weighted by Crippen LogP contribution is 2.24. The summed E-state index contributed by atoms with van der Waals surface area (Å²) in [6.45, 7) is -0.620. The van der Waals surface area contributed by atoms with E-state index in [4.69, 9.17) is 17.3 Å². The first kappa shape index (κ1) is 14.7. The van der Waals surface area contributed by atoms with Crippen molar-refractivity contribution in [2.45, 2.75) is 4.90 Å². The number of anilines is 1. The van der Waals surface area contributed by atoms with Gasteiger partial charge in [0.25, 0.3) is 0 Å². The normalized spacial score (nSPS) is 11.3. The standard InChI is InChI=1S/C9H10ClFN2O4S/c1-17-8(14)4-13-18(15,16)7-3-5(10)2-6(12)9(7)11/h2-3,13H,4,12H2,1H3. The molecule has 0 amide bonds. The number of halogens is 2. The minimum atomic E-state index is -4.23. The molecule has 0 atom stereocenters. The quantitative estimate of drug-likeness (QED) is 0.623. The van der Waals surface area contributed by atoms with Gasteiger partial charge < -0.3 is 10.5 Å². The van der Waals surface area contributed by atoms with E-state index in [1.807, 2.05) is 4.72 Å². The zero-order valence-corrected chi connectivity index (χ0v) is 10.8. The lowest BCUT2D eigenvalue weighted by molar-refractivity contribution is -0.139. The number of rotatable bonds is 4. The largest absolute Gasteiger partial charge is 0.468 e. The maximum Gasteiger partial charge on any atom is 0.320 e. The highest BCUT2D eigenvalue weighted by molar-refractivity contribution is 7.89. The molecular weight excluding hydrogens is 287 g/mol. The van der Waals surface area contributed by atoms with Crippen LogP contribution in [0.2, 0.25) is 5.02 Å². The van der Waals surface area contributed by atoms with Gasteiger partial charge in [0.1, 0.15) is 11.4 Å². The fourth-order valence-electron chi connectivity index (χ4n) is 1.08. The van der Waals surface area contributed by atoms with E-state index in [1.54, 1.807) is 0 Å². The second-order valence-corrected chi connectivity index (χ2v) is 5.38. The van der Waals surface area contributed by atoms with Crippen molar-refractivity contribution in [1.29, 1.82) is 0 Å². The molecule has 0 aliphatic heterocycles. The van der Waals surface area contributed by atoms with Crippen molar-refractivity contribution in [3.63, 3.8) is 0 Å². The molecule has 0 aliphatic carbocycles. The second-order valence-electron chi connectivity index (χ2n) is 3.21. The van der Waals surface area contributed by atoms with Gasteiger partial charge in [-0.05, 0) is 12.1 Å². The first-order valence-corrected chi connectivity index (χ1v) is 6.45. The summed E-state index contributed by atoms with van der Waals surface area (Å²) in [4.78, 5) is 10.1. The summed E-state index contributed by atoms with van der Waals surface area (Å²) in [6, 6.07) is 1.98. The number of esters is 1. The molecule has 0 spiro atoms. The molecule has 0 saturated carbocycles. The Labute approximate surface area is 108 Å². The number of methoxy groups -OCH3 is 1. The Morgan fingerprint density at radius 2 is 2.17 bits per heavy atom. The lowest BCUT2D eigenvalue weighted by atomic mass is 10.3. The van der Waals surface area contributed by atoms with E-state index < -0.39 is 38.9 Å². The molecular formula is C9H10ClFN2O4S. The summed E-state index contributed by atoms with van der Waals surface area (Å²) in [5, 5.41) is -0.0349. The molecule has 1 aromatic rings. The van der Waals surface area contributed by atoms with E-state index in [9.17, 15) is 17.6 Å². The Balaban J connectivity index is 3.09. The molecule has 0 radical (unpaired) electrons. The monoisotopic (exact) mass is 296 g/mol. The van der Waals surface area contributed by atoms with Gasteiger partial charge in [-0.3, -0.25) is 4.79 Å². The van der Waals surface area contributed by atoms with Crippen LogP contribution < -0.4 is 10.5 Å². The number of carbonyl (C=O) groups excluding carboxylic acids is 1. The van der Waals surface area contributed by atoms with Crippen LogP contribution >= 0.6 is 11.6 Å². The average Bonchev–Trinajstić information content (AvgIpc) is 2.30. The first-order valence-electron chi connectivity index (χ1n) is 4.59. The molecule has 0 saturated heterocycles. The molecule has 6 nitrogen and oxygen atoms in total. The van der Waals surface area contributed by atoms with Gasteiger partial charge in [-0.25, -0.2) is 12.8 Å². The molecule has 1 rings (SSSR count). The van der Waals surface area contributed by atoms with Crippen molar-refractivity contribution in [1.82, 2.24) is 4.72 Å². The van der Waals surface area contributed by atoms with Crippen molar-refractivity contribution in [3.05, 3.63) is 23.0 Å². The van der Waals surface area contributed by atoms with Crippen LogP contribution in [0.5, 0.6) is 0 Å². The Hall–Kier alpha value is -1.38. The second kappa shape index (κ2) is 5.51. The molecule has 100 valence electrons. The Morgan fingerprint density at radius 1 is 1.56 bits per heavy atom. The fraction of sp³-hybridized carbons (Fsp3) is 0.222. The Kier molecular flexibility index (Phi) is 4.49. The molecule has 0 aromatic heterocycles. The van der Waals surface area contributed by atoms with Crippen molar-refractivity contribution in [2.75, 3.05) is 19.4 Å². The molecule has 3 N–H and O–H groups in total. The Morgan fingerprint density at radius 3 is 2.72 bits per heavy atom. The van der Waals surface area contributed by atoms with Crippen LogP contribution in [0.25, 0.3) is 0 Å². The number of carbonyl (C=O) groups is 1. The maximum atomic E-state index is 13.6. The summed E-state index contributed by atoms with van der Waals surface area (Å²) in [5.41, 5.74) is 4.86. The van der Waals surface area contributed by atoms with E-state index >= 15 is 0 Å². The van der Waals surface area contributed by atoms with Gasteiger partial charge in [-0.2, -0.15) is 4.72 Å². The number of nitrogens with two attached hydrogens (primary N) is 1. The number of hydrogen-bond donors (Lipinski definition) is 2. The molecule has 0 heterocycles. The summed E-state index contributed by atoms with van der Waals surface area (Å²) < 4.78 is 43.1. The van der Waals surface area contributed by atoms with Gasteiger partial charge in [0.15, 0.2) is 5.82 Å². The number of benzene rings is 1. The highest BCUT2D eigenvalue weighted by atomic mass is 35.5. The fourth-order valence-corrected chi connectivity index (χ4v) is 2.47. The molecule has 0 aliphatic rings. The molecule has 18 heavy (non-hydrogen) atoms. The number of sulfonamides is 1. The molecule has 0 bridgehead atoms. The van der Waals surface area contributed by atoms with E-state index in [0.717, 1.165) is 19.2 Å². The van der Waals surface area contributed by atoms with Gasteiger partial charge >= 0.3 is 5.97 Å². The van der Waals surface area contributed by atoms with Crippen LogP contribution in [-0.2, 0) is 19.6 Å². The van der Waals surface area contributed by atoms with Gasteiger partial charge in [-0.15, -0.1) is 0 Å². The minimum Gasteiger partial charge on any atom is -0.468 e. The summed E-state index contributed by atoms with van der Waals surface area (Å²) >= 11 is 5.59. The van der Waals surface area contributed by atoms with Crippen molar-refractivity contribution >= 4 is 33.3 Å². The van der Waals surface area contributed by atoms with E-state index in [1.165, 1.54) is 0 Å². The van der Waals surface area contributed by atoms with Gasteiger partial charge in [0.2, 0.25) is 10.0 Å². The molecule has 9 heteroatoms. The van der Waals surface area contributed by atoms with Crippen LogP contribution in [0.3, 0.4) is 0 Å². The zero-order valence-electron chi connectivity index (χ0n) is 9.24. The van der Waals surface area contributed by atoms with E-state index in [-0.39, 0.29) is 5.02 Å². The van der Waals surface area contributed by atoms with Gasteiger partial charge in [-0.1, -0.05) is 11.6 Å². The molecule has 1 aromatic carbocycles.